The Labute approximate surface area is 73.5 Å². The fourth-order valence-electron chi connectivity index (χ4n) is 3.98. The van der Waals surface area contributed by atoms with Gasteiger partial charge in [0.15, 0.2) is 0 Å². The summed E-state index contributed by atoms with van der Waals surface area (Å²) in [6, 6.07) is 0. The van der Waals surface area contributed by atoms with Gasteiger partial charge in [-0.2, -0.15) is 0 Å². The summed E-state index contributed by atoms with van der Waals surface area (Å²) >= 11 is 0. The Morgan fingerprint density at radius 1 is 1.33 bits per heavy atom. The second kappa shape index (κ2) is 1.38. The number of halogens is 1. The Morgan fingerprint density at radius 3 is 2.08 bits per heavy atom. The average molecular weight is 168 g/mol. The lowest BCUT2D eigenvalue weighted by atomic mass is 9.85. The van der Waals surface area contributed by atoms with Crippen LogP contribution >= 0.6 is 0 Å². The predicted molar refractivity (Wildman–Crippen MR) is 46.5 cm³/mol. The van der Waals surface area contributed by atoms with E-state index in [1.54, 1.807) is 0 Å². The average Bonchev–Trinajstić information content (AvgIpc) is 2.81. The van der Waals surface area contributed by atoms with Gasteiger partial charge in [0.25, 0.3) is 0 Å². The molecule has 1 spiro atoms. The maximum absolute atomic E-state index is 14.0. The molecule has 68 valence electrons. The number of hydrogen-bond donors (Lipinski definition) is 0. The van der Waals surface area contributed by atoms with E-state index in [9.17, 15) is 4.39 Å². The van der Waals surface area contributed by atoms with Gasteiger partial charge in [0.2, 0.25) is 0 Å². The molecule has 0 aliphatic heterocycles. The summed E-state index contributed by atoms with van der Waals surface area (Å²) in [7, 11) is 0. The molecule has 0 N–H and O–H groups in total. The number of fused-ring (bicyclic) bond motifs is 1. The first kappa shape index (κ1) is 7.34. The van der Waals surface area contributed by atoms with Crippen molar-refractivity contribution in [3.63, 3.8) is 0 Å². The molecule has 3 aliphatic carbocycles. The first-order chi connectivity index (χ1) is 5.43. The summed E-state index contributed by atoms with van der Waals surface area (Å²) in [4.78, 5) is 0. The minimum absolute atomic E-state index is 0.161. The molecular formula is C11H17F. The summed E-state index contributed by atoms with van der Waals surface area (Å²) < 4.78 is 14.0. The van der Waals surface area contributed by atoms with E-state index < -0.39 is 5.67 Å². The van der Waals surface area contributed by atoms with Crippen LogP contribution in [0.1, 0.15) is 34.1 Å². The summed E-state index contributed by atoms with van der Waals surface area (Å²) in [5.41, 5.74) is -0.318. The van der Waals surface area contributed by atoms with Crippen LogP contribution in [0.2, 0.25) is 0 Å². The van der Waals surface area contributed by atoms with Gasteiger partial charge >= 0.3 is 0 Å². The van der Waals surface area contributed by atoms with Crippen molar-refractivity contribution in [2.24, 2.45) is 28.6 Å². The minimum Gasteiger partial charge on any atom is -0.242 e. The van der Waals surface area contributed by atoms with Crippen molar-refractivity contribution in [1.29, 1.82) is 0 Å². The third-order valence-electron chi connectivity index (χ3n) is 5.34. The molecule has 3 saturated carbocycles. The van der Waals surface area contributed by atoms with Crippen LogP contribution in [0.4, 0.5) is 4.39 Å². The van der Waals surface area contributed by atoms with Crippen molar-refractivity contribution >= 4 is 0 Å². The summed E-state index contributed by atoms with van der Waals surface area (Å²) in [5.74, 6) is 1.66. The fourth-order valence-corrected chi connectivity index (χ4v) is 3.98. The molecule has 0 aromatic heterocycles. The van der Waals surface area contributed by atoms with Gasteiger partial charge in [0, 0.05) is 16.7 Å². The zero-order valence-electron chi connectivity index (χ0n) is 8.32. The summed E-state index contributed by atoms with van der Waals surface area (Å²) in [5, 5.41) is 0. The highest BCUT2D eigenvalue weighted by Crippen LogP contribution is 3.12. The van der Waals surface area contributed by atoms with Crippen LogP contribution in [0.5, 0.6) is 0 Å². The molecule has 0 nitrogen and oxygen atoms in total. The molecule has 0 saturated heterocycles. The van der Waals surface area contributed by atoms with E-state index in [1.807, 2.05) is 0 Å². The van der Waals surface area contributed by atoms with E-state index in [0.717, 1.165) is 0 Å². The van der Waals surface area contributed by atoms with Crippen molar-refractivity contribution in [1.82, 2.24) is 0 Å². The maximum Gasteiger partial charge on any atom is 0.127 e. The molecular weight excluding hydrogens is 151 g/mol. The third kappa shape index (κ3) is 0.360. The Hall–Kier alpha value is -0.0700. The predicted octanol–water partition coefficient (Wildman–Crippen LogP) is 3.03. The molecule has 3 fully saturated rings. The Morgan fingerprint density at radius 2 is 1.83 bits per heavy atom. The number of alkyl halides is 1. The van der Waals surface area contributed by atoms with Crippen LogP contribution in [0.3, 0.4) is 0 Å². The second-order valence-corrected chi connectivity index (χ2v) is 5.77. The lowest BCUT2D eigenvalue weighted by Crippen LogP contribution is -2.20. The smallest absolute Gasteiger partial charge is 0.127 e. The highest BCUT2D eigenvalue weighted by Gasteiger charge is 3.17. The monoisotopic (exact) mass is 168 g/mol. The highest BCUT2D eigenvalue weighted by molar-refractivity contribution is 5.63. The first-order valence-corrected chi connectivity index (χ1v) is 5.12. The molecule has 0 bridgehead atoms. The van der Waals surface area contributed by atoms with Gasteiger partial charge in [-0.3, -0.25) is 0 Å². The van der Waals surface area contributed by atoms with Gasteiger partial charge in [-0.15, -0.1) is 0 Å². The molecule has 3 aliphatic rings. The second-order valence-electron chi connectivity index (χ2n) is 5.77. The quantitative estimate of drug-likeness (QED) is 0.594. The van der Waals surface area contributed by atoms with Crippen LogP contribution in [-0.4, -0.2) is 5.67 Å². The van der Waals surface area contributed by atoms with Crippen molar-refractivity contribution < 1.29 is 4.39 Å². The molecule has 0 radical (unpaired) electrons. The molecule has 0 amide bonds. The van der Waals surface area contributed by atoms with Gasteiger partial charge < -0.3 is 0 Å². The van der Waals surface area contributed by atoms with E-state index in [1.165, 1.54) is 6.42 Å². The Balaban J connectivity index is 1.79. The van der Waals surface area contributed by atoms with E-state index in [2.05, 4.69) is 27.7 Å². The van der Waals surface area contributed by atoms with E-state index >= 15 is 0 Å². The molecule has 5 atom stereocenters. The first-order valence-electron chi connectivity index (χ1n) is 5.12. The highest BCUT2D eigenvalue weighted by atomic mass is 19.1. The van der Waals surface area contributed by atoms with Crippen LogP contribution in [-0.2, 0) is 0 Å². The van der Waals surface area contributed by atoms with Crippen molar-refractivity contribution in [3.8, 4) is 0 Å². The van der Waals surface area contributed by atoms with Gasteiger partial charge in [0.1, 0.15) is 5.67 Å². The number of rotatable bonds is 2. The van der Waals surface area contributed by atoms with Crippen LogP contribution < -0.4 is 0 Å². The molecule has 3 rings (SSSR count). The van der Waals surface area contributed by atoms with Gasteiger partial charge in [-0.05, 0) is 18.3 Å². The summed E-state index contributed by atoms with van der Waals surface area (Å²) in [6.45, 7) is 8.76. The fraction of sp³-hybridized carbons (Fsp3) is 1.00. The molecule has 0 aromatic rings. The van der Waals surface area contributed by atoms with Crippen LogP contribution in [0.25, 0.3) is 0 Å². The molecule has 1 heteroatoms. The van der Waals surface area contributed by atoms with E-state index in [4.69, 9.17) is 0 Å². The van der Waals surface area contributed by atoms with Gasteiger partial charge in [-0.1, -0.05) is 27.7 Å². The Kier molecular flexibility index (Phi) is 0.846. The SMILES string of the molecule is CC(C)C(C)C1C2(F)C3(C)CC132. The van der Waals surface area contributed by atoms with E-state index in [0.29, 0.717) is 17.8 Å². The molecule has 0 aromatic carbocycles. The van der Waals surface area contributed by atoms with Gasteiger partial charge in [-0.25, -0.2) is 4.39 Å². The largest absolute Gasteiger partial charge is 0.242 e. The molecule has 0 heterocycles. The molecule has 12 heavy (non-hydrogen) atoms. The third-order valence-corrected chi connectivity index (χ3v) is 5.34. The normalized spacial score (nSPS) is 67.0. The van der Waals surface area contributed by atoms with Crippen LogP contribution in [0.15, 0.2) is 0 Å². The zero-order chi connectivity index (χ0) is 8.94. The lowest BCUT2D eigenvalue weighted by Gasteiger charge is -2.21. The Bertz CT molecular complexity index is 260. The van der Waals surface area contributed by atoms with Crippen molar-refractivity contribution in [2.75, 3.05) is 0 Å². The topological polar surface area (TPSA) is 0 Å². The van der Waals surface area contributed by atoms with E-state index in [-0.39, 0.29) is 10.8 Å². The van der Waals surface area contributed by atoms with Crippen LogP contribution in [0, 0.1) is 28.6 Å². The summed E-state index contributed by atoms with van der Waals surface area (Å²) in [6.07, 6.45) is 1.18. The minimum atomic E-state index is -0.691. The van der Waals surface area contributed by atoms with Crippen molar-refractivity contribution in [3.05, 3.63) is 0 Å². The lowest BCUT2D eigenvalue weighted by molar-refractivity contribution is 0.178. The number of hydrogen-bond acceptors (Lipinski definition) is 0. The van der Waals surface area contributed by atoms with Crippen molar-refractivity contribution in [2.45, 2.75) is 39.8 Å². The maximum atomic E-state index is 14.0. The molecule has 5 unspecified atom stereocenters. The standard InChI is InChI=1S/C11H17F/c1-6(2)7(3)8-10-5-9(10,4)11(8,10)12/h6-8H,5H2,1-4H3. The zero-order valence-corrected chi connectivity index (χ0v) is 8.32. The van der Waals surface area contributed by atoms with Gasteiger partial charge in [0.05, 0.1) is 0 Å².